The lowest BCUT2D eigenvalue weighted by Gasteiger charge is -2.07. The number of carbonyl (C=O) groups is 2. The molecular formula is C16H18N2O3. The number of hydrogen-bond acceptors (Lipinski definition) is 3. The molecule has 5 nitrogen and oxygen atoms in total. The Morgan fingerprint density at radius 1 is 0.905 bits per heavy atom. The third-order valence-corrected chi connectivity index (χ3v) is 3.25. The SMILES string of the molecule is CC(=O)Nc1ccc(NC(=O)c2c(C)oc(C)c2C)cc1. The van der Waals surface area contributed by atoms with Gasteiger partial charge in [0.15, 0.2) is 0 Å². The molecule has 1 heterocycles. The van der Waals surface area contributed by atoms with E-state index in [-0.39, 0.29) is 11.8 Å². The lowest BCUT2D eigenvalue weighted by Crippen LogP contribution is -2.13. The van der Waals surface area contributed by atoms with Crippen LogP contribution in [0, 0.1) is 20.8 Å². The summed E-state index contributed by atoms with van der Waals surface area (Å²) in [4.78, 5) is 23.2. The van der Waals surface area contributed by atoms with Crippen LogP contribution < -0.4 is 10.6 Å². The molecule has 0 atom stereocenters. The average Bonchev–Trinajstić information content (AvgIpc) is 2.65. The van der Waals surface area contributed by atoms with Gasteiger partial charge in [-0.15, -0.1) is 0 Å². The molecule has 2 rings (SSSR count). The second kappa shape index (κ2) is 5.83. The summed E-state index contributed by atoms with van der Waals surface area (Å²) in [5, 5.41) is 5.49. The second-order valence-corrected chi connectivity index (χ2v) is 4.93. The summed E-state index contributed by atoms with van der Waals surface area (Å²) >= 11 is 0. The largest absolute Gasteiger partial charge is 0.466 e. The van der Waals surface area contributed by atoms with E-state index in [0.717, 1.165) is 11.3 Å². The minimum absolute atomic E-state index is 0.132. The van der Waals surface area contributed by atoms with Crippen LogP contribution in [0.4, 0.5) is 11.4 Å². The van der Waals surface area contributed by atoms with Crippen molar-refractivity contribution < 1.29 is 14.0 Å². The third-order valence-electron chi connectivity index (χ3n) is 3.25. The van der Waals surface area contributed by atoms with E-state index in [1.54, 1.807) is 31.2 Å². The van der Waals surface area contributed by atoms with Gasteiger partial charge in [-0.25, -0.2) is 0 Å². The van der Waals surface area contributed by atoms with Crippen LogP contribution in [0.5, 0.6) is 0 Å². The molecule has 0 radical (unpaired) electrons. The Morgan fingerprint density at radius 3 is 1.86 bits per heavy atom. The molecule has 0 saturated heterocycles. The number of aryl methyl sites for hydroxylation is 2. The molecule has 2 N–H and O–H groups in total. The lowest BCUT2D eigenvalue weighted by atomic mass is 10.1. The number of benzene rings is 1. The van der Waals surface area contributed by atoms with Gasteiger partial charge in [-0.3, -0.25) is 9.59 Å². The number of anilines is 2. The molecule has 0 saturated carbocycles. The molecule has 0 aliphatic rings. The highest BCUT2D eigenvalue weighted by atomic mass is 16.3. The fourth-order valence-electron chi connectivity index (χ4n) is 2.16. The Balaban J connectivity index is 2.14. The highest BCUT2D eigenvalue weighted by Crippen LogP contribution is 2.22. The van der Waals surface area contributed by atoms with Crippen molar-refractivity contribution in [3.05, 3.63) is 46.9 Å². The molecule has 0 fully saturated rings. The Bertz CT molecular complexity index is 684. The van der Waals surface area contributed by atoms with E-state index in [1.807, 2.05) is 13.8 Å². The summed E-state index contributed by atoms with van der Waals surface area (Å²) in [5.41, 5.74) is 2.76. The number of nitrogens with one attached hydrogen (secondary N) is 2. The minimum atomic E-state index is -0.200. The van der Waals surface area contributed by atoms with Crippen LogP contribution in [0.25, 0.3) is 0 Å². The van der Waals surface area contributed by atoms with Gasteiger partial charge in [-0.1, -0.05) is 0 Å². The summed E-state index contributed by atoms with van der Waals surface area (Å²) in [6.07, 6.45) is 0. The van der Waals surface area contributed by atoms with Gasteiger partial charge in [0.2, 0.25) is 5.91 Å². The molecule has 0 unspecified atom stereocenters. The van der Waals surface area contributed by atoms with Crippen molar-refractivity contribution in [1.29, 1.82) is 0 Å². The molecule has 2 aromatic rings. The molecule has 5 heteroatoms. The van der Waals surface area contributed by atoms with E-state index >= 15 is 0 Å². The number of furan rings is 1. The maximum absolute atomic E-state index is 12.3. The Labute approximate surface area is 123 Å². The standard InChI is InChI=1S/C16H18N2O3/c1-9-10(2)21-11(3)15(9)16(20)18-14-7-5-13(6-8-14)17-12(4)19/h5-8H,1-4H3,(H,17,19)(H,18,20). The first-order chi connectivity index (χ1) is 9.88. The number of carbonyl (C=O) groups excluding carboxylic acids is 2. The van der Waals surface area contributed by atoms with Gasteiger partial charge in [0.05, 0.1) is 5.56 Å². The van der Waals surface area contributed by atoms with Gasteiger partial charge in [0, 0.05) is 23.9 Å². The van der Waals surface area contributed by atoms with Crippen LogP contribution >= 0.6 is 0 Å². The second-order valence-electron chi connectivity index (χ2n) is 4.93. The van der Waals surface area contributed by atoms with Crippen LogP contribution in [-0.4, -0.2) is 11.8 Å². The highest BCUT2D eigenvalue weighted by Gasteiger charge is 2.18. The van der Waals surface area contributed by atoms with Gasteiger partial charge >= 0.3 is 0 Å². The maximum atomic E-state index is 12.3. The Kier molecular flexibility index (Phi) is 4.12. The summed E-state index contributed by atoms with van der Waals surface area (Å²) in [5.74, 6) is 1.03. The van der Waals surface area contributed by atoms with Gasteiger partial charge < -0.3 is 15.1 Å². The first kappa shape index (κ1) is 14.8. The van der Waals surface area contributed by atoms with E-state index in [9.17, 15) is 9.59 Å². The molecule has 21 heavy (non-hydrogen) atoms. The minimum Gasteiger partial charge on any atom is -0.466 e. The topological polar surface area (TPSA) is 71.3 Å². The van der Waals surface area contributed by atoms with Crippen LogP contribution in [0.3, 0.4) is 0 Å². The normalized spacial score (nSPS) is 10.3. The van der Waals surface area contributed by atoms with Crippen molar-refractivity contribution in [3.63, 3.8) is 0 Å². The molecular weight excluding hydrogens is 268 g/mol. The van der Waals surface area contributed by atoms with Crippen LogP contribution in [0.1, 0.15) is 34.4 Å². The van der Waals surface area contributed by atoms with E-state index in [1.165, 1.54) is 6.92 Å². The molecule has 0 spiro atoms. The quantitative estimate of drug-likeness (QED) is 0.908. The Hall–Kier alpha value is -2.56. The Morgan fingerprint density at radius 2 is 1.43 bits per heavy atom. The zero-order chi connectivity index (χ0) is 15.6. The molecule has 0 aliphatic heterocycles. The predicted molar refractivity (Wildman–Crippen MR) is 81.6 cm³/mol. The average molecular weight is 286 g/mol. The van der Waals surface area contributed by atoms with Crippen molar-refractivity contribution in [2.24, 2.45) is 0 Å². The van der Waals surface area contributed by atoms with Crippen molar-refractivity contribution in [2.75, 3.05) is 10.6 Å². The zero-order valence-electron chi connectivity index (χ0n) is 12.5. The van der Waals surface area contributed by atoms with E-state index in [2.05, 4.69) is 10.6 Å². The van der Waals surface area contributed by atoms with Crippen LogP contribution in [-0.2, 0) is 4.79 Å². The van der Waals surface area contributed by atoms with Crippen molar-refractivity contribution in [2.45, 2.75) is 27.7 Å². The monoisotopic (exact) mass is 286 g/mol. The summed E-state index contributed by atoms with van der Waals surface area (Å²) in [6.45, 7) is 6.92. The van der Waals surface area contributed by atoms with Crippen LogP contribution in [0.2, 0.25) is 0 Å². The fourth-order valence-corrected chi connectivity index (χ4v) is 2.16. The van der Waals surface area contributed by atoms with Crippen LogP contribution in [0.15, 0.2) is 28.7 Å². The number of rotatable bonds is 3. The van der Waals surface area contributed by atoms with E-state index in [0.29, 0.717) is 22.7 Å². The maximum Gasteiger partial charge on any atom is 0.259 e. The van der Waals surface area contributed by atoms with Gasteiger partial charge in [0.25, 0.3) is 5.91 Å². The van der Waals surface area contributed by atoms with E-state index < -0.39 is 0 Å². The fraction of sp³-hybridized carbons (Fsp3) is 0.250. The number of hydrogen-bond donors (Lipinski definition) is 2. The summed E-state index contributed by atoms with van der Waals surface area (Å²) in [7, 11) is 0. The first-order valence-corrected chi connectivity index (χ1v) is 6.64. The van der Waals surface area contributed by atoms with Crippen molar-refractivity contribution in [1.82, 2.24) is 0 Å². The lowest BCUT2D eigenvalue weighted by molar-refractivity contribution is -0.114. The van der Waals surface area contributed by atoms with Gasteiger partial charge in [0.1, 0.15) is 11.5 Å². The molecule has 110 valence electrons. The molecule has 1 aromatic carbocycles. The predicted octanol–water partition coefficient (Wildman–Crippen LogP) is 3.42. The molecule has 2 amide bonds. The summed E-state index contributed by atoms with van der Waals surface area (Å²) < 4.78 is 5.46. The first-order valence-electron chi connectivity index (χ1n) is 6.64. The zero-order valence-corrected chi connectivity index (χ0v) is 12.5. The summed E-state index contributed by atoms with van der Waals surface area (Å²) in [6, 6.07) is 6.94. The van der Waals surface area contributed by atoms with Gasteiger partial charge in [-0.05, 0) is 45.0 Å². The highest BCUT2D eigenvalue weighted by molar-refractivity contribution is 6.06. The van der Waals surface area contributed by atoms with Gasteiger partial charge in [-0.2, -0.15) is 0 Å². The smallest absolute Gasteiger partial charge is 0.259 e. The number of amides is 2. The third kappa shape index (κ3) is 3.31. The van der Waals surface area contributed by atoms with E-state index in [4.69, 9.17) is 4.42 Å². The van der Waals surface area contributed by atoms with Crippen molar-refractivity contribution in [3.8, 4) is 0 Å². The van der Waals surface area contributed by atoms with Crippen molar-refractivity contribution >= 4 is 23.2 Å². The molecule has 0 bridgehead atoms. The molecule has 0 aliphatic carbocycles. The molecule has 1 aromatic heterocycles.